The summed E-state index contributed by atoms with van der Waals surface area (Å²) in [4.78, 5) is 35.4. The molecule has 6 rings (SSSR count). The van der Waals surface area contributed by atoms with Crippen molar-refractivity contribution < 1.29 is 53.1 Å². The molecule has 1 fully saturated rings. The first-order valence-corrected chi connectivity index (χ1v) is 22.2. The molecule has 1 heterocycles. The van der Waals surface area contributed by atoms with E-state index < -0.39 is 29.9 Å². The number of oxime groups is 1. The van der Waals surface area contributed by atoms with Gasteiger partial charge in [0, 0.05) is 44.2 Å². The fourth-order valence-electron chi connectivity index (χ4n) is 9.20. The van der Waals surface area contributed by atoms with Gasteiger partial charge in [-0.3, -0.25) is 5.32 Å². The fourth-order valence-corrected chi connectivity index (χ4v) is 9.20. The molecule has 6 atom stereocenters. The molecule has 346 valence electrons. The second-order valence-electron chi connectivity index (χ2n) is 17.8. The van der Waals surface area contributed by atoms with Crippen molar-refractivity contribution in [2.24, 2.45) is 28.3 Å². The van der Waals surface area contributed by atoms with E-state index in [4.69, 9.17) is 38.4 Å². The van der Waals surface area contributed by atoms with Gasteiger partial charge in [-0.2, -0.15) is 0 Å². The Morgan fingerprint density at radius 3 is 2.39 bits per heavy atom. The second-order valence-corrected chi connectivity index (χ2v) is 17.8. The summed E-state index contributed by atoms with van der Waals surface area (Å²) in [6.07, 6.45) is 7.17. The van der Waals surface area contributed by atoms with Crippen LogP contribution in [0.2, 0.25) is 0 Å². The van der Waals surface area contributed by atoms with E-state index >= 15 is 0 Å². The van der Waals surface area contributed by atoms with Crippen LogP contribution < -0.4 is 24.3 Å². The number of allylic oxidation sites excluding steroid dienone is 1. The molecule has 14 nitrogen and oxygen atoms in total. The molecule has 2 aliphatic carbocycles. The van der Waals surface area contributed by atoms with Crippen LogP contribution in [0.15, 0.2) is 96.2 Å². The number of rotatable bonds is 20. The molecule has 3 N–H and O–H groups in total. The number of fused-ring (bicyclic) bond motifs is 2. The number of likely N-dealkylation sites (N-methyl/N-ethyl adjacent to an activating group) is 1. The Hall–Kier alpha value is -5.57. The third kappa shape index (κ3) is 11.2. The van der Waals surface area contributed by atoms with Gasteiger partial charge in [-0.15, -0.1) is 6.58 Å². The summed E-state index contributed by atoms with van der Waals surface area (Å²) in [6.45, 7) is 10.6. The van der Waals surface area contributed by atoms with Crippen molar-refractivity contribution in [2.45, 2.75) is 90.1 Å². The normalized spacial score (nSPS) is 22.8. The molecule has 0 unspecified atom stereocenters. The maximum absolute atomic E-state index is 14.1. The van der Waals surface area contributed by atoms with Gasteiger partial charge in [-0.1, -0.05) is 81.3 Å². The van der Waals surface area contributed by atoms with Crippen molar-refractivity contribution >= 4 is 23.6 Å². The van der Waals surface area contributed by atoms with Crippen LogP contribution in [0.4, 0.5) is 15.3 Å². The molecule has 0 saturated heterocycles. The molecule has 0 bridgehead atoms. The highest BCUT2D eigenvalue weighted by Gasteiger charge is 2.65. The molecule has 3 aliphatic rings. The summed E-state index contributed by atoms with van der Waals surface area (Å²) >= 11 is 0. The van der Waals surface area contributed by atoms with Crippen LogP contribution in [-0.4, -0.2) is 92.5 Å². The van der Waals surface area contributed by atoms with Crippen molar-refractivity contribution in [3.63, 3.8) is 0 Å². The Bertz CT molecular complexity index is 2120. The number of aliphatic hydroxyl groups excluding tert-OH is 2. The van der Waals surface area contributed by atoms with E-state index in [0.717, 1.165) is 42.4 Å². The van der Waals surface area contributed by atoms with Crippen LogP contribution in [0.1, 0.15) is 82.8 Å². The number of hydrogen-bond donors (Lipinski definition) is 3. The molecule has 1 aliphatic heterocycles. The molecular formula is C50H65N3O11. The number of hydrogen-bond acceptors (Lipinski definition) is 12. The Labute approximate surface area is 377 Å². The van der Waals surface area contributed by atoms with Gasteiger partial charge in [0.15, 0.2) is 0 Å². The van der Waals surface area contributed by atoms with Crippen molar-refractivity contribution in [2.75, 3.05) is 53.0 Å². The van der Waals surface area contributed by atoms with Crippen LogP contribution in [0.5, 0.6) is 23.0 Å². The molecule has 64 heavy (non-hydrogen) atoms. The molecule has 0 aromatic heterocycles. The van der Waals surface area contributed by atoms with E-state index in [1.54, 1.807) is 55.5 Å². The SMILES string of the molecule is C=CCO[C@@]12Oc3ccc(OC(=O)Nc4ccc(OC)cc4OC)cc3[C@H]3[C@H](CCCCO)[C@@H](CCCCO)C=C(C(=NOCc4ccccc4)C[C@@H]1N(C)C(=O)OCC(C)(C)C)[C@H]32. The molecule has 2 amide bonds. The highest BCUT2D eigenvalue weighted by atomic mass is 16.7. The fraction of sp³-hybridized carbons (Fsp3) is 0.500. The predicted molar refractivity (Wildman–Crippen MR) is 244 cm³/mol. The Morgan fingerprint density at radius 1 is 0.969 bits per heavy atom. The quantitative estimate of drug-likeness (QED) is 0.0562. The average molecular weight is 884 g/mol. The third-order valence-electron chi connectivity index (χ3n) is 12.1. The van der Waals surface area contributed by atoms with Crippen LogP contribution in [0.25, 0.3) is 0 Å². The van der Waals surface area contributed by atoms with Gasteiger partial charge in [0.1, 0.15) is 35.6 Å². The summed E-state index contributed by atoms with van der Waals surface area (Å²) < 4.78 is 36.9. The minimum atomic E-state index is -1.47. The topological polar surface area (TPSA) is 167 Å². The van der Waals surface area contributed by atoms with Crippen molar-refractivity contribution in [1.29, 1.82) is 0 Å². The first-order valence-electron chi connectivity index (χ1n) is 22.2. The molecule has 0 radical (unpaired) electrons. The predicted octanol–water partition coefficient (Wildman–Crippen LogP) is 9.26. The average Bonchev–Trinajstić information content (AvgIpc) is 3.28. The highest BCUT2D eigenvalue weighted by Crippen LogP contribution is 2.62. The number of amides is 2. The van der Waals surface area contributed by atoms with Gasteiger partial charge in [-0.05, 0) is 84.4 Å². The number of ether oxygens (including phenoxy) is 6. The monoisotopic (exact) mass is 883 g/mol. The van der Waals surface area contributed by atoms with Crippen molar-refractivity contribution in [3.05, 3.63) is 102 Å². The number of nitrogens with zero attached hydrogens (tertiary/aromatic N) is 2. The zero-order valence-corrected chi connectivity index (χ0v) is 38.0. The number of aliphatic hydroxyl groups is 2. The zero-order valence-electron chi connectivity index (χ0n) is 38.0. The Kier molecular flexibility index (Phi) is 16.4. The molecule has 14 heteroatoms. The summed E-state index contributed by atoms with van der Waals surface area (Å²) in [5, 5.41) is 27.5. The first kappa shape index (κ1) is 47.9. The van der Waals surface area contributed by atoms with Crippen molar-refractivity contribution in [1.82, 2.24) is 4.90 Å². The summed E-state index contributed by atoms with van der Waals surface area (Å²) in [5.41, 5.74) is 3.39. The lowest BCUT2D eigenvalue weighted by atomic mass is 9.55. The minimum absolute atomic E-state index is 0.00492. The molecule has 1 saturated carbocycles. The standard InChI is InChI=1S/C50H65N3O11/c1-8-26-61-50-44(53(5)48(57)60-32-49(2,3)4)30-41(52-62-31-33-16-10-9-11-17-33)38-27-34(18-12-14-24-54)37(19-13-15-25-55)45(46(38)50)39-28-36(21-23-42(39)64-50)63-47(56)51-40-22-20-35(58-6)29-43(40)59-7/h8-11,16-17,20-23,27-29,34,37,44-46,54-55H,1,12-15,18-19,24-26,30-32H2,2-7H3,(H,51,56)/t34-,37+,44-,45+,46+,50+/m0/s1. The maximum Gasteiger partial charge on any atom is 0.417 e. The third-order valence-corrected chi connectivity index (χ3v) is 12.1. The molecule has 3 aromatic carbocycles. The number of nitrogens with one attached hydrogen (secondary N) is 1. The Balaban J connectivity index is 1.50. The molecule has 3 aromatic rings. The lowest BCUT2D eigenvalue weighted by Crippen LogP contribution is -2.69. The Morgan fingerprint density at radius 2 is 1.70 bits per heavy atom. The lowest BCUT2D eigenvalue weighted by molar-refractivity contribution is -0.253. The van der Waals surface area contributed by atoms with E-state index in [0.29, 0.717) is 41.5 Å². The van der Waals surface area contributed by atoms with Gasteiger partial charge in [0.2, 0.25) is 5.79 Å². The molecular weight excluding hydrogens is 819 g/mol. The zero-order chi connectivity index (χ0) is 45.9. The second kappa shape index (κ2) is 21.9. The number of anilines is 1. The van der Waals surface area contributed by atoms with E-state index in [1.165, 1.54) is 7.11 Å². The van der Waals surface area contributed by atoms with Gasteiger partial charge in [0.05, 0.1) is 44.8 Å². The first-order chi connectivity index (χ1) is 30.9. The number of unbranched alkanes of at least 4 members (excludes halogenated alkanes) is 2. The molecule has 0 spiro atoms. The number of carbonyl (C=O) groups is 2. The lowest BCUT2D eigenvalue weighted by Gasteiger charge is -2.59. The van der Waals surface area contributed by atoms with Crippen molar-refractivity contribution in [3.8, 4) is 23.0 Å². The van der Waals surface area contributed by atoms with E-state index in [-0.39, 0.29) is 68.4 Å². The minimum Gasteiger partial charge on any atom is -0.497 e. The van der Waals surface area contributed by atoms with Crippen LogP contribution >= 0.6 is 0 Å². The van der Waals surface area contributed by atoms with Crippen LogP contribution in [0.3, 0.4) is 0 Å². The summed E-state index contributed by atoms with van der Waals surface area (Å²) in [6, 6.07) is 19.4. The highest BCUT2D eigenvalue weighted by molar-refractivity contribution is 6.03. The number of methoxy groups -OCH3 is 2. The van der Waals surface area contributed by atoms with E-state index in [2.05, 4.69) is 18.0 Å². The van der Waals surface area contributed by atoms with Gasteiger partial charge in [-0.25, -0.2) is 9.59 Å². The smallest absolute Gasteiger partial charge is 0.417 e. The maximum atomic E-state index is 14.1. The number of benzene rings is 3. The van der Waals surface area contributed by atoms with Gasteiger partial charge >= 0.3 is 12.2 Å². The van der Waals surface area contributed by atoms with Crippen LogP contribution in [0, 0.1) is 23.2 Å². The van der Waals surface area contributed by atoms with E-state index in [9.17, 15) is 19.8 Å². The summed E-state index contributed by atoms with van der Waals surface area (Å²) in [7, 11) is 4.75. The van der Waals surface area contributed by atoms with Gasteiger partial charge < -0.3 is 48.4 Å². The summed E-state index contributed by atoms with van der Waals surface area (Å²) in [5.74, 6) is -0.635. The largest absolute Gasteiger partial charge is 0.497 e. The van der Waals surface area contributed by atoms with E-state index in [1.807, 2.05) is 57.2 Å². The van der Waals surface area contributed by atoms with Gasteiger partial charge in [0.25, 0.3) is 0 Å². The van der Waals surface area contributed by atoms with Crippen LogP contribution in [-0.2, 0) is 20.9 Å². The number of carbonyl (C=O) groups excluding carboxylic acids is 2.